The minimum Gasteiger partial charge on any atom is -0.344 e. The van der Waals surface area contributed by atoms with E-state index in [1.807, 2.05) is 31.2 Å². The highest BCUT2D eigenvalue weighted by Gasteiger charge is 2.36. The molecule has 0 bridgehead atoms. The Morgan fingerprint density at radius 3 is 2.24 bits per heavy atom. The molecule has 2 aromatic rings. The van der Waals surface area contributed by atoms with Gasteiger partial charge < -0.3 is 10.2 Å². The second-order valence-electron chi connectivity index (χ2n) is 6.25. The molecule has 1 N–H and O–H groups in total. The number of nitrogens with zero attached hydrogens (tertiary/aromatic N) is 1. The molecule has 132 valence electrons. The average Bonchev–Trinajstić information content (AvgIpc) is 2.55. The zero-order chi connectivity index (χ0) is 18.6. The topological polar surface area (TPSA) is 49.4 Å². The molecule has 2 aromatic carbocycles. The number of halogens is 2. The number of amides is 2. The third-order valence-electron chi connectivity index (χ3n) is 4.07. The number of benzene rings is 2. The molecule has 0 aliphatic rings. The number of likely N-dealkylation sites (N-methyl/N-ethyl adjacent to an activating group) is 1. The van der Waals surface area contributed by atoms with Crippen LogP contribution in [0.4, 0.5) is 5.69 Å². The molecule has 0 saturated carbocycles. The van der Waals surface area contributed by atoms with Crippen LogP contribution >= 0.6 is 23.2 Å². The van der Waals surface area contributed by atoms with Crippen LogP contribution in [0, 0.1) is 6.92 Å². The van der Waals surface area contributed by atoms with E-state index in [0.29, 0.717) is 28.6 Å². The summed E-state index contributed by atoms with van der Waals surface area (Å²) >= 11 is 12.0. The SMILES string of the molecule is Cc1ccc(CC(C)(NC=O)C(=O)N(C)c2cc(Cl)cc(Cl)c2)cc1. The maximum atomic E-state index is 13.1. The minimum absolute atomic E-state index is 0.265. The van der Waals surface area contributed by atoms with Crippen LogP contribution in [0.1, 0.15) is 18.1 Å². The van der Waals surface area contributed by atoms with Crippen LogP contribution in [-0.2, 0) is 16.0 Å². The summed E-state index contributed by atoms with van der Waals surface area (Å²) < 4.78 is 0. The number of hydrogen-bond acceptors (Lipinski definition) is 2. The van der Waals surface area contributed by atoms with Gasteiger partial charge in [-0.3, -0.25) is 9.59 Å². The van der Waals surface area contributed by atoms with Crippen LogP contribution in [0.25, 0.3) is 0 Å². The first kappa shape index (κ1) is 19.3. The Kier molecular flexibility index (Phi) is 6.09. The highest BCUT2D eigenvalue weighted by Crippen LogP contribution is 2.27. The summed E-state index contributed by atoms with van der Waals surface area (Å²) in [6.07, 6.45) is 0.911. The third kappa shape index (κ3) is 4.74. The van der Waals surface area contributed by atoms with E-state index in [-0.39, 0.29) is 5.91 Å². The molecule has 1 atom stereocenters. The predicted octanol–water partition coefficient (Wildman–Crippen LogP) is 4.01. The second kappa shape index (κ2) is 7.89. The molecular formula is C19H20Cl2N2O2. The molecule has 2 rings (SSSR count). The Labute approximate surface area is 157 Å². The quantitative estimate of drug-likeness (QED) is 0.771. The van der Waals surface area contributed by atoms with Crippen LogP contribution in [0.3, 0.4) is 0 Å². The number of hydrogen-bond donors (Lipinski definition) is 1. The van der Waals surface area contributed by atoms with Gasteiger partial charge in [0.15, 0.2) is 0 Å². The summed E-state index contributed by atoms with van der Waals surface area (Å²) in [5.74, 6) is -0.265. The second-order valence-corrected chi connectivity index (χ2v) is 7.12. The highest BCUT2D eigenvalue weighted by molar-refractivity contribution is 6.35. The summed E-state index contributed by atoms with van der Waals surface area (Å²) in [5, 5.41) is 3.54. The van der Waals surface area contributed by atoms with E-state index in [0.717, 1.165) is 11.1 Å². The molecule has 0 aliphatic heterocycles. The lowest BCUT2D eigenvalue weighted by molar-refractivity contribution is -0.127. The Morgan fingerprint density at radius 2 is 1.72 bits per heavy atom. The Morgan fingerprint density at radius 1 is 1.16 bits per heavy atom. The molecule has 6 heteroatoms. The van der Waals surface area contributed by atoms with Crippen molar-refractivity contribution in [1.82, 2.24) is 5.32 Å². The molecule has 1 unspecified atom stereocenters. The van der Waals surface area contributed by atoms with Gasteiger partial charge in [-0.2, -0.15) is 0 Å². The number of aryl methyl sites for hydroxylation is 1. The van der Waals surface area contributed by atoms with Gasteiger partial charge in [0.1, 0.15) is 5.54 Å². The predicted molar refractivity (Wildman–Crippen MR) is 102 cm³/mol. The van der Waals surface area contributed by atoms with Crippen molar-refractivity contribution in [2.45, 2.75) is 25.8 Å². The summed E-state index contributed by atoms with van der Waals surface area (Å²) in [6, 6.07) is 12.7. The Bertz CT molecular complexity index is 757. The molecule has 0 aromatic heterocycles. The molecule has 4 nitrogen and oxygen atoms in total. The molecule has 2 amide bonds. The third-order valence-corrected chi connectivity index (χ3v) is 4.50. The lowest BCUT2D eigenvalue weighted by Gasteiger charge is -2.32. The number of carbonyl (C=O) groups excluding carboxylic acids is 2. The normalized spacial score (nSPS) is 13.0. The van der Waals surface area contributed by atoms with Crippen LogP contribution in [-0.4, -0.2) is 24.9 Å². The summed E-state index contributed by atoms with van der Waals surface area (Å²) in [4.78, 5) is 25.6. The van der Waals surface area contributed by atoms with Gasteiger partial charge in [0, 0.05) is 29.2 Å². The number of carbonyl (C=O) groups is 2. The lowest BCUT2D eigenvalue weighted by Crippen LogP contribution is -2.56. The van der Waals surface area contributed by atoms with E-state index >= 15 is 0 Å². The Balaban J connectivity index is 2.31. The van der Waals surface area contributed by atoms with E-state index in [2.05, 4.69) is 5.32 Å². The van der Waals surface area contributed by atoms with Crippen LogP contribution < -0.4 is 10.2 Å². The van der Waals surface area contributed by atoms with E-state index in [4.69, 9.17) is 23.2 Å². The van der Waals surface area contributed by atoms with Crippen molar-refractivity contribution in [3.05, 3.63) is 63.6 Å². The average molecular weight is 379 g/mol. The molecule has 0 fully saturated rings. The molecule has 0 radical (unpaired) electrons. The van der Waals surface area contributed by atoms with Crippen molar-refractivity contribution >= 4 is 41.2 Å². The van der Waals surface area contributed by atoms with Gasteiger partial charge in [-0.25, -0.2) is 0 Å². The first-order valence-electron chi connectivity index (χ1n) is 7.76. The first-order valence-corrected chi connectivity index (χ1v) is 8.52. The summed E-state index contributed by atoms with van der Waals surface area (Å²) in [7, 11) is 1.63. The van der Waals surface area contributed by atoms with E-state index < -0.39 is 5.54 Å². The smallest absolute Gasteiger partial charge is 0.252 e. The van der Waals surface area contributed by atoms with Crippen LogP contribution in [0.15, 0.2) is 42.5 Å². The monoisotopic (exact) mass is 378 g/mol. The Hall–Kier alpha value is -2.04. The highest BCUT2D eigenvalue weighted by atomic mass is 35.5. The van der Waals surface area contributed by atoms with Gasteiger partial charge in [-0.15, -0.1) is 0 Å². The van der Waals surface area contributed by atoms with Gasteiger partial charge in [-0.05, 0) is 37.6 Å². The summed E-state index contributed by atoms with van der Waals surface area (Å²) in [6.45, 7) is 3.70. The van der Waals surface area contributed by atoms with E-state index in [1.165, 1.54) is 4.90 Å². The van der Waals surface area contributed by atoms with Gasteiger partial charge in [-0.1, -0.05) is 53.0 Å². The molecule has 0 aliphatic carbocycles. The maximum Gasteiger partial charge on any atom is 0.252 e. The maximum absolute atomic E-state index is 13.1. The molecule has 25 heavy (non-hydrogen) atoms. The van der Waals surface area contributed by atoms with Crippen LogP contribution in [0.5, 0.6) is 0 Å². The van der Waals surface area contributed by atoms with Gasteiger partial charge >= 0.3 is 0 Å². The van der Waals surface area contributed by atoms with Crippen molar-refractivity contribution in [2.75, 3.05) is 11.9 Å². The summed E-state index contributed by atoms with van der Waals surface area (Å²) in [5.41, 5.74) is 1.55. The number of rotatable bonds is 6. The molecule has 0 heterocycles. The van der Waals surface area contributed by atoms with Gasteiger partial charge in [0.25, 0.3) is 5.91 Å². The standard InChI is InChI=1S/C19H20Cl2N2O2/c1-13-4-6-14(7-5-13)11-19(2,22-12-24)18(25)23(3)17-9-15(20)8-16(21)10-17/h4-10,12H,11H2,1-3H3,(H,22,24). The minimum atomic E-state index is -1.10. The lowest BCUT2D eigenvalue weighted by atomic mass is 9.91. The zero-order valence-electron chi connectivity index (χ0n) is 14.3. The van der Waals surface area contributed by atoms with Crippen molar-refractivity contribution in [3.8, 4) is 0 Å². The van der Waals surface area contributed by atoms with Gasteiger partial charge in [0.2, 0.25) is 6.41 Å². The largest absolute Gasteiger partial charge is 0.344 e. The number of nitrogens with one attached hydrogen (secondary N) is 1. The van der Waals surface area contributed by atoms with Crippen molar-refractivity contribution in [1.29, 1.82) is 0 Å². The van der Waals surface area contributed by atoms with Crippen molar-refractivity contribution in [2.24, 2.45) is 0 Å². The zero-order valence-corrected chi connectivity index (χ0v) is 15.9. The molecule has 0 saturated heterocycles. The van der Waals surface area contributed by atoms with Gasteiger partial charge in [0.05, 0.1) is 0 Å². The first-order chi connectivity index (χ1) is 11.7. The van der Waals surface area contributed by atoms with Crippen LogP contribution in [0.2, 0.25) is 10.0 Å². The van der Waals surface area contributed by atoms with Crippen molar-refractivity contribution < 1.29 is 9.59 Å². The molecular weight excluding hydrogens is 359 g/mol. The van der Waals surface area contributed by atoms with E-state index in [9.17, 15) is 9.59 Å². The fraction of sp³-hybridized carbons (Fsp3) is 0.263. The fourth-order valence-electron chi connectivity index (χ4n) is 2.65. The van der Waals surface area contributed by atoms with E-state index in [1.54, 1.807) is 32.2 Å². The fourth-order valence-corrected chi connectivity index (χ4v) is 3.17. The van der Waals surface area contributed by atoms with Crippen molar-refractivity contribution in [3.63, 3.8) is 0 Å². The molecule has 0 spiro atoms. The number of anilines is 1.